The lowest BCUT2D eigenvalue weighted by Gasteiger charge is -2.40. The zero-order valence-corrected chi connectivity index (χ0v) is 9.93. The van der Waals surface area contributed by atoms with Crippen molar-refractivity contribution in [1.82, 2.24) is 4.98 Å². The highest BCUT2D eigenvalue weighted by Crippen LogP contribution is 2.31. The fourth-order valence-corrected chi connectivity index (χ4v) is 2.43. The van der Waals surface area contributed by atoms with Crippen LogP contribution in [0.25, 0.3) is 10.9 Å². The highest BCUT2D eigenvalue weighted by Gasteiger charge is 2.27. The molecule has 0 unspecified atom stereocenters. The molecule has 17 heavy (non-hydrogen) atoms. The average molecular weight is 228 g/mol. The Morgan fingerprint density at radius 3 is 2.88 bits per heavy atom. The van der Waals surface area contributed by atoms with Crippen LogP contribution in [-0.4, -0.2) is 29.8 Å². The van der Waals surface area contributed by atoms with Crippen molar-refractivity contribution in [2.45, 2.75) is 6.92 Å². The van der Waals surface area contributed by atoms with Crippen LogP contribution in [0.4, 0.5) is 5.69 Å². The zero-order chi connectivity index (χ0) is 11.8. The molecule has 3 rings (SSSR count). The molecule has 0 aliphatic carbocycles. The van der Waals surface area contributed by atoms with Crippen LogP contribution >= 0.6 is 0 Å². The number of rotatable bonds is 2. The molecule has 2 heterocycles. The van der Waals surface area contributed by atoms with Gasteiger partial charge in [0.15, 0.2) is 0 Å². The topological polar surface area (TPSA) is 36.4 Å². The van der Waals surface area contributed by atoms with E-state index in [0.717, 1.165) is 24.3 Å². The first-order chi connectivity index (χ1) is 8.28. The molecule has 0 amide bonds. The van der Waals surface area contributed by atoms with Gasteiger partial charge in [-0.15, -0.1) is 0 Å². The van der Waals surface area contributed by atoms with Crippen molar-refractivity contribution in [3.63, 3.8) is 0 Å². The summed E-state index contributed by atoms with van der Waals surface area (Å²) in [6.07, 6.45) is 0. The van der Waals surface area contributed by atoms with Crippen molar-refractivity contribution in [2.75, 3.05) is 24.6 Å². The van der Waals surface area contributed by atoms with Gasteiger partial charge in [0.1, 0.15) is 0 Å². The summed E-state index contributed by atoms with van der Waals surface area (Å²) in [6.45, 7) is 4.21. The molecule has 1 aromatic carbocycles. The van der Waals surface area contributed by atoms with Gasteiger partial charge in [0.25, 0.3) is 0 Å². The largest absolute Gasteiger partial charge is 0.396 e. The number of aryl methyl sites for hydroxylation is 1. The fraction of sp³-hybridized carbons (Fsp3) is 0.357. The number of hydrogen-bond acceptors (Lipinski definition) is 3. The van der Waals surface area contributed by atoms with Gasteiger partial charge in [-0.25, -0.2) is 0 Å². The Kier molecular flexibility index (Phi) is 2.48. The van der Waals surface area contributed by atoms with Gasteiger partial charge in [0.2, 0.25) is 0 Å². The lowest BCUT2D eigenvalue weighted by atomic mass is 9.99. The molecule has 0 atom stereocenters. The van der Waals surface area contributed by atoms with Gasteiger partial charge in [-0.3, -0.25) is 4.98 Å². The molecule has 1 aliphatic rings. The highest BCUT2D eigenvalue weighted by molar-refractivity contribution is 5.92. The van der Waals surface area contributed by atoms with Crippen molar-refractivity contribution < 1.29 is 5.11 Å². The van der Waals surface area contributed by atoms with E-state index in [-0.39, 0.29) is 0 Å². The summed E-state index contributed by atoms with van der Waals surface area (Å²) in [5, 5.41) is 10.3. The van der Waals surface area contributed by atoms with E-state index in [4.69, 9.17) is 5.11 Å². The lowest BCUT2D eigenvalue weighted by molar-refractivity contribution is 0.201. The summed E-state index contributed by atoms with van der Waals surface area (Å²) >= 11 is 0. The number of benzene rings is 1. The number of aliphatic hydroxyl groups is 1. The molecule has 1 N–H and O–H groups in total. The molecule has 1 aromatic heterocycles. The minimum Gasteiger partial charge on any atom is -0.396 e. The van der Waals surface area contributed by atoms with E-state index in [1.165, 1.54) is 11.1 Å². The first-order valence-electron chi connectivity index (χ1n) is 6.00. The van der Waals surface area contributed by atoms with Crippen molar-refractivity contribution in [2.24, 2.45) is 5.92 Å². The van der Waals surface area contributed by atoms with Crippen LogP contribution in [0.5, 0.6) is 0 Å². The van der Waals surface area contributed by atoms with Gasteiger partial charge in [0, 0.05) is 42.4 Å². The Morgan fingerprint density at radius 2 is 2.12 bits per heavy atom. The number of aromatic nitrogens is 1. The molecule has 0 bridgehead atoms. The Hall–Kier alpha value is -1.61. The molecule has 1 fully saturated rings. The standard InChI is InChI=1S/C14H16N2O/c1-10-6-14(16-7-11(8-16)9-17)12-4-2-3-5-13(12)15-10/h2-6,11,17H,7-9H2,1H3. The SMILES string of the molecule is Cc1cc(N2CC(CO)C2)c2ccccc2n1. The minimum absolute atomic E-state index is 0.290. The van der Waals surface area contributed by atoms with E-state index in [1.807, 2.05) is 19.1 Å². The molecule has 3 nitrogen and oxygen atoms in total. The van der Waals surface area contributed by atoms with Crippen LogP contribution in [0.1, 0.15) is 5.69 Å². The molecule has 88 valence electrons. The van der Waals surface area contributed by atoms with Gasteiger partial charge >= 0.3 is 0 Å². The second-order valence-electron chi connectivity index (χ2n) is 4.75. The van der Waals surface area contributed by atoms with E-state index in [0.29, 0.717) is 12.5 Å². The summed E-state index contributed by atoms with van der Waals surface area (Å²) in [5.41, 5.74) is 3.35. The fourth-order valence-electron chi connectivity index (χ4n) is 2.43. The van der Waals surface area contributed by atoms with E-state index in [9.17, 15) is 0 Å². The molecule has 0 radical (unpaired) electrons. The van der Waals surface area contributed by atoms with E-state index < -0.39 is 0 Å². The van der Waals surface area contributed by atoms with Crippen LogP contribution in [0.3, 0.4) is 0 Å². The number of nitrogens with zero attached hydrogens (tertiary/aromatic N) is 2. The summed E-state index contributed by atoms with van der Waals surface area (Å²) < 4.78 is 0. The maximum atomic E-state index is 9.08. The van der Waals surface area contributed by atoms with Crippen molar-refractivity contribution in [3.05, 3.63) is 36.0 Å². The Morgan fingerprint density at radius 1 is 1.35 bits per heavy atom. The first kappa shape index (κ1) is 10.5. The highest BCUT2D eigenvalue weighted by atomic mass is 16.3. The van der Waals surface area contributed by atoms with Gasteiger partial charge in [-0.2, -0.15) is 0 Å². The van der Waals surface area contributed by atoms with Crippen LogP contribution in [0, 0.1) is 12.8 Å². The number of pyridine rings is 1. The molecular formula is C14H16N2O. The predicted molar refractivity (Wildman–Crippen MR) is 69.3 cm³/mol. The van der Waals surface area contributed by atoms with E-state index >= 15 is 0 Å². The number of anilines is 1. The first-order valence-corrected chi connectivity index (χ1v) is 6.00. The summed E-state index contributed by atoms with van der Waals surface area (Å²) in [4.78, 5) is 6.86. The maximum Gasteiger partial charge on any atom is 0.0726 e. The zero-order valence-electron chi connectivity index (χ0n) is 9.93. The maximum absolute atomic E-state index is 9.08. The number of hydrogen-bond donors (Lipinski definition) is 1. The molecule has 0 saturated carbocycles. The van der Waals surface area contributed by atoms with Crippen LogP contribution < -0.4 is 4.90 Å². The van der Waals surface area contributed by atoms with Gasteiger partial charge in [-0.05, 0) is 19.1 Å². The van der Waals surface area contributed by atoms with Gasteiger partial charge < -0.3 is 10.0 Å². The second kappa shape index (κ2) is 4.00. The van der Waals surface area contributed by atoms with Crippen LogP contribution in [0.15, 0.2) is 30.3 Å². The number of fused-ring (bicyclic) bond motifs is 1. The smallest absolute Gasteiger partial charge is 0.0726 e. The monoisotopic (exact) mass is 228 g/mol. The quantitative estimate of drug-likeness (QED) is 0.853. The number of para-hydroxylation sites is 1. The Bertz CT molecular complexity index is 547. The molecule has 1 aliphatic heterocycles. The minimum atomic E-state index is 0.290. The summed E-state index contributed by atoms with van der Waals surface area (Å²) in [7, 11) is 0. The van der Waals surface area contributed by atoms with Crippen molar-refractivity contribution in [3.8, 4) is 0 Å². The molecule has 2 aromatic rings. The van der Waals surface area contributed by atoms with Crippen molar-refractivity contribution >= 4 is 16.6 Å². The lowest BCUT2D eigenvalue weighted by Crippen LogP contribution is -2.48. The van der Waals surface area contributed by atoms with E-state index in [2.05, 4.69) is 28.1 Å². The molecule has 1 saturated heterocycles. The Balaban J connectivity index is 2.04. The molecular weight excluding hydrogens is 212 g/mol. The Labute approximate surface area is 101 Å². The normalized spacial score (nSPS) is 16.2. The summed E-state index contributed by atoms with van der Waals surface area (Å²) in [5.74, 6) is 0.433. The van der Waals surface area contributed by atoms with Gasteiger partial charge in [-0.1, -0.05) is 18.2 Å². The third-order valence-corrected chi connectivity index (χ3v) is 3.38. The average Bonchev–Trinajstić information content (AvgIpc) is 2.27. The van der Waals surface area contributed by atoms with Crippen molar-refractivity contribution in [1.29, 1.82) is 0 Å². The third kappa shape index (κ3) is 1.76. The number of aliphatic hydroxyl groups excluding tert-OH is 1. The molecule has 3 heteroatoms. The third-order valence-electron chi connectivity index (χ3n) is 3.38. The predicted octanol–water partition coefficient (Wildman–Crippen LogP) is 1.97. The molecule has 0 spiro atoms. The van der Waals surface area contributed by atoms with E-state index in [1.54, 1.807) is 0 Å². The second-order valence-corrected chi connectivity index (χ2v) is 4.75. The summed E-state index contributed by atoms with van der Waals surface area (Å²) in [6, 6.07) is 10.4. The van der Waals surface area contributed by atoms with Gasteiger partial charge in [0.05, 0.1) is 5.52 Å². The van der Waals surface area contributed by atoms with Crippen LogP contribution in [-0.2, 0) is 0 Å². The van der Waals surface area contributed by atoms with Crippen LogP contribution in [0.2, 0.25) is 0 Å².